The Morgan fingerprint density at radius 3 is 2.41 bits per heavy atom. The Hall–Kier alpha value is -1.16. The molecule has 0 amide bonds. The molecule has 4 nitrogen and oxygen atoms in total. The smallest absolute Gasteiger partial charge is 0.303 e. The summed E-state index contributed by atoms with van der Waals surface area (Å²) < 4.78 is 5.54. The maximum atomic E-state index is 11.6. The monoisotopic (exact) mass is 310 g/mol. The van der Waals surface area contributed by atoms with Gasteiger partial charge in [0.1, 0.15) is 6.10 Å². The Kier molecular flexibility index (Phi) is 9.80. The molecule has 0 aromatic rings. The van der Waals surface area contributed by atoms with Gasteiger partial charge in [0.05, 0.1) is 6.10 Å². The second-order valence-electron chi connectivity index (χ2n) is 6.12. The lowest BCUT2D eigenvalue weighted by Crippen LogP contribution is -1.96. The molecule has 1 saturated heterocycles. The summed E-state index contributed by atoms with van der Waals surface area (Å²) in [5.74, 6) is -0.494. The summed E-state index contributed by atoms with van der Waals surface area (Å²) in [6.45, 7) is 2.13. The van der Waals surface area contributed by atoms with Crippen molar-refractivity contribution in [2.24, 2.45) is 0 Å². The third-order valence-corrected chi connectivity index (χ3v) is 4.00. The number of allylic oxidation sites excluding steroid dienone is 1. The second-order valence-corrected chi connectivity index (χ2v) is 6.12. The molecule has 0 aromatic heterocycles. The molecule has 0 aromatic carbocycles. The SMILES string of the molecule is CCCCCC(=O)/C=C/[C@@H]1O[C@@H]1CCCCCCCC(=O)O. The standard InChI is InChI=1S/C18H30O4/c1-2-3-7-10-15(19)13-14-17-16(22-17)11-8-5-4-6-9-12-18(20)21/h13-14,16-17H,2-12H2,1H3,(H,20,21)/b14-13+/t16-,17+/m1/s1. The van der Waals surface area contributed by atoms with Crippen LogP contribution in [-0.2, 0) is 14.3 Å². The maximum absolute atomic E-state index is 11.6. The van der Waals surface area contributed by atoms with Crippen LogP contribution in [0.2, 0.25) is 0 Å². The molecule has 0 radical (unpaired) electrons. The Morgan fingerprint density at radius 2 is 1.68 bits per heavy atom. The number of hydrogen-bond acceptors (Lipinski definition) is 3. The van der Waals surface area contributed by atoms with Gasteiger partial charge in [-0.05, 0) is 31.4 Å². The number of carbonyl (C=O) groups is 2. The van der Waals surface area contributed by atoms with Crippen LogP contribution in [0.3, 0.4) is 0 Å². The summed E-state index contributed by atoms with van der Waals surface area (Å²) in [6, 6.07) is 0. The molecule has 1 aliphatic rings. The number of hydrogen-bond donors (Lipinski definition) is 1. The van der Waals surface area contributed by atoms with Gasteiger partial charge in [0.2, 0.25) is 0 Å². The zero-order chi connectivity index (χ0) is 16.2. The molecule has 0 spiro atoms. The molecule has 0 aliphatic carbocycles. The number of unbranched alkanes of at least 4 members (excludes halogenated alkanes) is 6. The minimum Gasteiger partial charge on any atom is -0.481 e. The molecule has 126 valence electrons. The van der Waals surface area contributed by atoms with Gasteiger partial charge < -0.3 is 9.84 Å². The Morgan fingerprint density at radius 1 is 1.00 bits per heavy atom. The zero-order valence-electron chi connectivity index (χ0n) is 13.8. The highest BCUT2D eigenvalue weighted by molar-refractivity contribution is 5.89. The molecular weight excluding hydrogens is 280 g/mol. The molecular formula is C18H30O4. The van der Waals surface area contributed by atoms with Crippen molar-refractivity contribution in [2.75, 3.05) is 0 Å². The molecule has 4 heteroatoms. The molecule has 0 unspecified atom stereocenters. The highest BCUT2D eigenvalue weighted by atomic mass is 16.6. The minimum absolute atomic E-state index is 0.141. The van der Waals surface area contributed by atoms with Gasteiger partial charge in [-0.15, -0.1) is 0 Å². The van der Waals surface area contributed by atoms with Gasteiger partial charge in [0.15, 0.2) is 5.78 Å². The summed E-state index contributed by atoms with van der Waals surface area (Å²) in [4.78, 5) is 21.9. The first-order valence-corrected chi connectivity index (χ1v) is 8.71. The first kappa shape index (κ1) is 18.9. The van der Waals surface area contributed by atoms with E-state index in [0.717, 1.165) is 57.8 Å². The van der Waals surface area contributed by atoms with Gasteiger partial charge in [-0.25, -0.2) is 0 Å². The number of carboxylic acids is 1. The normalized spacial score (nSPS) is 20.4. The van der Waals surface area contributed by atoms with Crippen LogP contribution in [0.25, 0.3) is 0 Å². The van der Waals surface area contributed by atoms with Crippen LogP contribution in [0, 0.1) is 0 Å². The van der Waals surface area contributed by atoms with Gasteiger partial charge in [-0.3, -0.25) is 9.59 Å². The fraction of sp³-hybridized carbons (Fsp3) is 0.778. The average molecular weight is 310 g/mol. The lowest BCUT2D eigenvalue weighted by Gasteiger charge is -1.98. The van der Waals surface area contributed by atoms with E-state index in [0.29, 0.717) is 12.5 Å². The van der Waals surface area contributed by atoms with Crippen molar-refractivity contribution in [1.29, 1.82) is 0 Å². The lowest BCUT2D eigenvalue weighted by molar-refractivity contribution is -0.137. The number of carboxylic acid groups (broad SMARTS) is 1. The van der Waals surface area contributed by atoms with Crippen molar-refractivity contribution < 1.29 is 19.4 Å². The first-order valence-electron chi connectivity index (χ1n) is 8.71. The molecule has 1 N–H and O–H groups in total. The van der Waals surface area contributed by atoms with E-state index in [2.05, 4.69) is 6.92 Å². The molecule has 22 heavy (non-hydrogen) atoms. The number of aliphatic carboxylic acids is 1. The third kappa shape index (κ3) is 9.72. The van der Waals surface area contributed by atoms with E-state index in [9.17, 15) is 9.59 Å². The summed E-state index contributed by atoms with van der Waals surface area (Å²) in [7, 11) is 0. The lowest BCUT2D eigenvalue weighted by atomic mass is 10.1. The molecule has 0 bridgehead atoms. The van der Waals surface area contributed by atoms with Crippen molar-refractivity contribution in [1.82, 2.24) is 0 Å². The van der Waals surface area contributed by atoms with Crippen LogP contribution in [0.4, 0.5) is 0 Å². The number of ether oxygens (including phenoxy) is 1. The predicted molar refractivity (Wildman–Crippen MR) is 86.9 cm³/mol. The summed E-state index contributed by atoms with van der Waals surface area (Å²) in [5, 5.41) is 8.53. The van der Waals surface area contributed by atoms with E-state index in [4.69, 9.17) is 9.84 Å². The second kappa shape index (κ2) is 11.4. The first-order chi connectivity index (χ1) is 10.6. The Labute approximate surface area is 133 Å². The van der Waals surface area contributed by atoms with E-state index < -0.39 is 5.97 Å². The third-order valence-electron chi connectivity index (χ3n) is 4.00. The van der Waals surface area contributed by atoms with E-state index in [1.54, 1.807) is 6.08 Å². The largest absolute Gasteiger partial charge is 0.481 e. The van der Waals surface area contributed by atoms with E-state index >= 15 is 0 Å². The number of epoxide rings is 1. The van der Waals surface area contributed by atoms with Crippen molar-refractivity contribution in [3.8, 4) is 0 Å². The topological polar surface area (TPSA) is 66.9 Å². The van der Waals surface area contributed by atoms with E-state index in [-0.39, 0.29) is 18.3 Å². The van der Waals surface area contributed by atoms with Crippen LogP contribution in [-0.4, -0.2) is 29.1 Å². The summed E-state index contributed by atoms with van der Waals surface area (Å²) in [6.07, 6.45) is 14.4. The fourth-order valence-corrected chi connectivity index (χ4v) is 2.54. The van der Waals surface area contributed by atoms with E-state index in [1.807, 2.05) is 6.08 Å². The van der Waals surface area contributed by atoms with Gasteiger partial charge in [-0.2, -0.15) is 0 Å². The summed E-state index contributed by atoms with van der Waals surface area (Å²) in [5.41, 5.74) is 0. The molecule has 2 atom stereocenters. The minimum atomic E-state index is -0.703. The molecule has 1 fully saturated rings. The van der Waals surface area contributed by atoms with Crippen LogP contribution < -0.4 is 0 Å². The van der Waals surface area contributed by atoms with Gasteiger partial charge in [0, 0.05) is 12.8 Å². The number of rotatable bonds is 14. The van der Waals surface area contributed by atoms with Crippen LogP contribution in [0.15, 0.2) is 12.2 Å². The predicted octanol–water partition coefficient (Wildman–Crippen LogP) is 4.27. The van der Waals surface area contributed by atoms with Crippen molar-refractivity contribution in [3.05, 3.63) is 12.2 Å². The van der Waals surface area contributed by atoms with E-state index in [1.165, 1.54) is 0 Å². The molecule has 0 saturated carbocycles. The maximum Gasteiger partial charge on any atom is 0.303 e. The quantitative estimate of drug-likeness (QED) is 0.295. The van der Waals surface area contributed by atoms with Crippen LogP contribution in [0.5, 0.6) is 0 Å². The Bertz CT molecular complexity index is 362. The van der Waals surface area contributed by atoms with Crippen LogP contribution >= 0.6 is 0 Å². The van der Waals surface area contributed by atoms with Gasteiger partial charge >= 0.3 is 5.97 Å². The molecule has 1 rings (SSSR count). The Balaban J connectivity index is 1.93. The van der Waals surface area contributed by atoms with Crippen molar-refractivity contribution in [2.45, 2.75) is 89.8 Å². The van der Waals surface area contributed by atoms with Gasteiger partial charge in [-0.1, -0.05) is 45.4 Å². The molecule has 1 heterocycles. The van der Waals surface area contributed by atoms with Crippen molar-refractivity contribution in [3.63, 3.8) is 0 Å². The fourth-order valence-electron chi connectivity index (χ4n) is 2.54. The van der Waals surface area contributed by atoms with Crippen LogP contribution in [0.1, 0.15) is 77.6 Å². The zero-order valence-corrected chi connectivity index (χ0v) is 13.8. The highest BCUT2D eigenvalue weighted by Crippen LogP contribution is 2.28. The molecule has 1 aliphatic heterocycles. The highest BCUT2D eigenvalue weighted by Gasteiger charge is 2.35. The summed E-state index contributed by atoms with van der Waals surface area (Å²) >= 11 is 0. The van der Waals surface area contributed by atoms with Crippen molar-refractivity contribution >= 4 is 11.8 Å². The average Bonchev–Trinajstić information content (AvgIpc) is 3.22. The van der Waals surface area contributed by atoms with Gasteiger partial charge in [0.25, 0.3) is 0 Å². The number of ketones is 1. The number of carbonyl (C=O) groups excluding carboxylic acids is 1.